The zero-order valence-corrected chi connectivity index (χ0v) is 16.9. The van der Waals surface area contributed by atoms with Crippen LogP contribution in [0, 0.1) is 0 Å². The van der Waals surface area contributed by atoms with E-state index in [4.69, 9.17) is 14.5 Å². The number of ether oxygens (including phenoxy) is 2. The normalized spacial score (nSPS) is 20.3. The molecule has 150 valence electrons. The van der Waals surface area contributed by atoms with Crippen molar-refractivity contribution in [1.29, 1.82) is 0 Å². The first-order valence-electron chi connectivity index (χ1n) is 10.3. The number of aliphatic imine (C=N–C) groups is 1. The monoisotopic (exact) mass is 366 g/mol. The Morgan fingerprint density at radius 2 is 2.19 bits per heavy atom. The van der Waals surface area contributed by atoms with Gasteiger partial charge in [-0.15, -0.1) is 0 Å². The summed E-state index contributed by atoms with van der Waals surface area (Å²) in [7, 11) is 0. The highest BCUT2D eigenvalue weighted by Gasteiger charge is 2.19. The summed E-state index contributed by atoms with van der Waals surface area (Å²) < 4.78 is 11.0. The van der Waals surface area contributed by atoms with Crippen LogP contribution >= 0.6 is 0 Å². The minimum atomic E-state index is 0.324. The molecular formula is C20H38N4O2. The van der Waals surface area contributed by atoms with Crippen molar-refractivity contribution in [3.63, 3.8) is 0 Å². The van der Waals surface area contributed by atoms with Gasteiger partial charge in [0.1, 0.15) is 0 Å². The summed E-state index contributed by atoms with van der Waals surface area (Å²) in [6, 6.07) is 0.511. The predicted molar refractivity (Wildman–Crippen MR) is 108 cm³/mol. The second-order valence-corrected chi connectivity index (χ2v) is 7.38. The maximum absolute atomic E-state index is 5.66. The highest BCUT2D eigenvalue weighted by atomic mass is 16.5. The minimum Gasteiger partial charge on any atom is -0.377 e. The average Bonchev–Trinajstić information content (AvgIpc) is 2.64. The van der Waals surface area contributed by atoms with Crippen LogP contribution in [0.4, 0.5) is 0 Å². The van der Waals surface area contributed by atoms with Gasteiger partial charge >= 0.3 is 0 Å². The fourth-order valence-corrected chi connectivity index (χ4v) is 3.34. The average molecular weight is 367 g/mol. The van der Waals surface area contributed by atoms with Crippen LogP contribution in [-0.4, -0.2) is 75.5 Å². The Labute approximate surface area is 159 Å². The number of nitrogens with zero attached hydrogens (tertiary/aromatic N) is 2. The largest absolute Gasteiger partial charge is 0.377 e. The molecule has 2 N–H and O–H groups in total. The van der Waals surface area contributed by atoms with Gasteiger partial charge in [0.15, 0.2) is 5.96 Å². The second kappa shape index (κ2) is 12.3. The number of likely N-dealkylation sites (tertiary alicyclic amines) is 1. The molecular weight excluding hydrogens is 328 g/mol. The molecule has 0 saturated carbocycles. The van der Waals surface area contributed by atoms with Crippen molar-refractivity contribution in [2.45, 2.75) is 58.6 Å². The third-order valence-electron chi connectivity index (χ3n) is 4.89. The third kappa shape index (κ3) is 8.52. The quantitative estimate of drug-likeness (QED) is 0.372. The summed E-state index contributed by atoms with van der Waals surface area (Å²) in [6.07, 6.45) is 6.94. The first-order valence-corrected chi connectivity index (χ1v) is 10.3. The molecule has 0 aliphatic carbocycles. The van der Waals surface area contributed by atoms with Gasteiger partial charge in [-0.05, 0) is 46.5 Å². The lowest BCUT2D eigenvalue weighted by Crippen LogP contribution is -2.49. The third-order valence-corrected chi connectivity index (χ3v) is 4.89. The van der Waals surface area contributed by atoms with Crippen LogP contribution in [0.25, 0.3) is 0 Å². The van der Waals surface area contributed by atoms with Crippen LogP contribution < -0.4 is 10.6 Å². The summed E-state index contributed by atoms with van der Waals surface area (Å²) >= 11 is 0. The highest BCUT2D eigenvalue weighted by Crippen LogP contribution is 2.12. The maximum Gasteiger partial charge on any atom is 0.191 e. The highest BCUT2D eigenvalue weighted by molar-refractivity contribution is 5.80. The molecule has 0 unspecified atom stereocenters. The van der Waals surface area contributed by atoms with Crippen molar-refractivity contribution >= 4 is 5.96 Å². The molecule has 2 rings (SSSR count). The van der Waals surface area contributed by atoms with E-state index in [0.717, 1.165) is 84.2 Å². The minimum absolute atomic E-state index is 0.324. The Balaban J connectivity index is 1.68. The zero-order chi connectivity index (χ0) is 18.6. The molecule has 26 heavy (non-hydrogen) atoms. The molecule has 0 aromatic carbocycles. The Bertz CT molecular complexity index is 443. The van der Waals surface area contributed by atoms with Gasteiger partial charge in [-0.3, -0.25) is 4.99 Å². The molecule has 2 aliphatic rings. The van der Waals surface area contributed by atoms with E-state index in [9.17, 15) is 0 Å². The lowest BCUT2D eigenvalue weighted by molar-refractivity contribution is 0.0532. The second-order valence-electron chi connectivity index (χ2n) is 7.38. The lowest BCUT2D eigenvalue weighted by atomic mass is 10.1. The fourth-order valence-electron chi connectivity index (χ4n) is 3.34. The van der Waals surface area contributed by atoms with E-state index in [1.54, 1.807) is 0 Å². The number of hydrogen-bond donors (Lipinski definition) is 2. The standard InChI is InChI=1S/C20H38N4O2/c1-4-21-20(22-10-5-18-8-14-25-15-9-18)23-19-6-11-24(12-7-19)13-16-26-17(2)3/h8,17,19H,4-7,9-16H2,1-3H3,(H2,21,22,23). The number of rotatable bonds is 9. The lowest BCUT2D eigenvalue weighted by Gasteiger charge is -2.33. The van der Waals surface area contributed by atoms with E-state index < -0.39 is 0 Å². The Morgan fingerprint density at radius 3 is 2.85 bits per heavy atom. The van der Waals surface area contributed by atoms with Crippen LogP contribution in [0.3, 0.4) is 0 Å². The van der Waals surface area contributed by atoms with E-state index in [2.05, 4.69) is 42.4 Å². The molecule has 2 aliphatic heterocycles. The van der Waals surface area contributed by atoms with Gasteiger partial charge in [0, 0.05) is 38.8 Å². The Morgan fingerprint density at radius 1 is 1.38 bits per heavy atom. The predicted octanol–water partition coefficient (Wildman–Crippen LogP) is 2.17. The molecule has 2 heterocycles. The van der Waals surface area contributed by atoms with Crippen LogP contribution in [0.1, 0.15) is 46.5 Å². The summed E-state index contributed by atoms with van der Waals surface area (Å²) in [5, 5.41) is 7.01. The van der Waals surface area contributed by atoms with E-state index in [-0.39, 0.29) is 0 Å². The van der Waals surface area contributed by atoms with Gasteiger partial charge < -0.3 is 25.0 Å². The molecule has 0 aromatic rings. The van der Waals surface area contributed by atoms with Gasteiger partial charge in [-0.25, -0.2) is 0 Å². The smallest absolute Gasteiger partial charge is 0.191 e. The molecule has 6 nitrogen and oxygen atoms in total. The first kappa shape index (κ1) is 21.2. The van der Waals surface area contributed by atoms with Gasteiger partial charge in [0.05, 0.1) is 25.9 Å². The first-order chi connectivity index (χ1) is 12.7. The van der Waals surface area contributed by atoms with E-state index in [1.807, 2.05) is 0 Å². The Hall–Kier alpha value is -1.11. The molecule has 1 fully saturated rings. The number of piperidine rings is 1. The van der Waals surface area contributed by atoms with Crippen LogP contribution in [-0.2, 0) is 9.47 Å². The number of guanidine groups is 1. The summed E-state index contributed by atoms with van der Waals surface area (Å²) in [5.74, 6) is 0.960. The van der Waals surface area contributed by atoms with Crippen molar-refractivity contribution in [3.05, 3.63) is 11.6 Å². The van der Waals surface area contributed by atoms with Crippen molar-refractivity contribution in [2.24, 2.45) is 4.99 Å². The molecule has 0 bridgehead atoms. The summed E-state index contributed by atoms with van der Waals surface area (Å²) in [5.41, 5.74) is 1.48. The van der Waals surface area contributed by atoms with Crippen LogP contribution in [0.15, 0.2) is 16.6 Å². The van der Waals surface area contributed by atoms with Gasteiger partial charge in [-0.1, -0.05) is 11.6 Å². The Kier molecular flexibility index (Phi) is 10.0. The van der Waals surface area contributed by atoms with E-state index in [0.29, 0.717) is 12.1 Å². The fraction of sp³-hybridized carbons (Fsp3) is 0.850. The van der Waals surface area contributed by atoms with Crippen molar-refractivity contribution < 1.29 is 9.47 Å². The molecule has 0 amide bonds. The maximum atomic E-state index is 5.66. The summed E-state index contributed by atoms with van der Waals surface area (Å²) in [4.78, 5) is 7.27. The van der Waals surface area contributed by atoms with Crippen molar-refractivity contribution in [3.8, 4) is 0 Å². The molecule has 0 atom stereocenters. The van der Waals surface area contributed by atoms with Crippen molar-refractivity contribution in [2.75, 3.05) is 52.5 Å². The molecule has 6 heteroatoms. The molecule has 0 aromatic heterocycles. The summed E-state index contributed by atoms with van der Waals surface area (Å²) in [6.45, 7) is 13.8. The molecule has 0 radical (unpaired) electrons. The molecule has 0 spiro atoms. The van der Waals surface area contributed by atoms with E-state index >= 15 is 0 Å². The van der Waals surface area contributed by atoms with Gasteiger partial charge in [0.2, 0.25) is 0 Å². The van der Waals surface area contributed by atoms with Gasteiger partial charge in [0.25, 0.3) is 0 Å². The van der Waals surface area contributed by atoms with Crippen LogP contribution in [0.5, 0.6) is 0 Å². The zero-order valence-electron chi connectivity index (χ0n) is 16.9. The van der Waals surface area contributed by atoms with Crippen molar-refractivity contribution in [1.82, 2.24) is 15.5 Å². The number of hydrogen-bond acceptors (Lipinski definition) is 4. The van der Waals surface area contributed by atoms with Crippen LogP contribution in [0.2, 0.25) is 0 Å². The van der Waals surface area contributed by atoms with Gasteiger partial charge in [-0.2, -0.15) is 0 Å². The van der Waals surface area contributed by atoms with E-state index in [1.165, 1.54) is 5.57 Å². The number of nitrogens with one attached hydrogen (secondary N) is 2. The topological polar surface area (TPSA) is 58.1 Å². The SMILES string of the molecule is CCNC(=NCCC1=CCOCC1)NC1CCN(CCOC(C)C)CC1. The molecule has 1 saturated heterocycles.